The van der Waals surface area contributed by atoms with Gasteiger partial charge >= 0.3 is 5.97 Å². The molecule has 1 rings (SSSR count). The summed E-state index contributed by atoms with van der Waals surface area (Å²) in [6, 6.07) is 7.76. The molecule has 0 saturated heterocycles. The predicted octanol–water partition coefficient (Wildman–Crippen LogP) is 0.816. The summed E-state index contributed by atoms with van der Waals surface area (Å²) in [6.07, 6.45) is 0.241. The molecule has 0 aliphatic rings. The lowest BCUT2D eigenvalue weighted by Gasteiger charge is -2.13. The standard InChI is InChI=1S/C16H21NO7S/c18-13(11-12-5-2-1-3-6-12)7-4-8-15(19)17-14(16(20)21)9-10-25(22,23)24/h1-3,5-6,14H,4,7-11H2,(H,17,19)(H,20,21)(H,22,23,24)/t14-/m0/s1. The summed E-state index contributed by atoms with van der Waals surface area (Å²) in [7, 11) is -4.31. The Bertz CT molecular complexity index is 700. The monoisotopic (exact) mass is 371 g/mol. The SMILES string of the molecule is O=C(CCCC(=O)N[C@@H](CCS(=O)(=O)O)C(=O)O)Cc1ccccc1. The first kappa shape index (κ1) is 20.8. The maximum absolute atomic E-state index is 11.8. The number of carboxylic acids is 1. The molecule has 0 radical (unpaired) electrons. The van der Waals surface area contributed by atoms with Gasteiger partial charge in [-0.25, -0.2) is 4.79 Å². The summed E-state index contributed by atoms with van der Waals surface area (Å²) in [6.45, 7) is 0. The van der Waals surface area contributed by atoms with Crippen LogP contribution in [0.25, 0.3) is 0 Å². The van der Waals surface area contributed by atoms with E-state index in [4.69, 9.17) is 9.66 Å². The van der Waals surface area contributed by atoms with Crippen LogP contribution >= 0.6 is 0 Å². The lowest BCUT2D eigenvalue weighted by molar-refractivity contribution is -0.141. The van der Waals surface area contributed by atoms with Crippen molar-refractivity contribution in [1.29, 1.82) is 0 Å². The van der Waals surface area contributed by atoms with Crippen LogP contribution in [-0.2, 0) is 30.9 Å². The van der Waals surface area contributed by atoms with Crippen molar-refractivity contribution in [3.8, 4) is 0 Å². The molecule has 1 atom stereocenters. The van der Waals surface area contributed by atoms with Gasteiger partial charge in [0.2, 0.25) is 5.91 Å². The first-order chi connectivity index (χ1) is 11.7. The van der Waals surface area contributed by atoms with Gasteiger partial charge in [0.1, 0.15) is 11.8 Å². The van der Waals surface area contributed by atoms with E-state index in [2.05, 4.69) is 5.32 Å². The Balaban J connectivity index is 2.34. The van der Waals surface area contributed by atoms with E-state index in [0.29, 0.717) is 0 Å². The second kappa shape index (κ2) is 9.90. The highest BCUT2D eigenvalue weighted by molar-refractivity contribution is 7.85. The van der Waals surface area contributed by atoms with Crippen LogP contribution in [0.2, 0.25) is 0 Å². The fourth-order valence-electron chi connectivity index (χ4n) is 2.15. The number of benzene rings is 1. The van der Waals surface area contributed by atoms with Crippen LogP contribution in [0, 0.1) is 0 Å². The number of nitrogens with one attached hydrogen (secondary N) is 1. The number of carboxylic acid groups (broad SMARTS) is 1. The summed E-state index contributed by atoms with van der Waals surface area (Å²) >= 11 is 0. The topological polar surface area (TPSA) is 138 Å². The van der Waals surface area contributed by atoms with Crippen molar-refractivity contribution in [3.63, 3.8) is 0 Å². The third kappa shape index (κ3) is 9.58. The maximum atomic E-state index is 11.8. The van der Waals surface area contributed by atoms with Gasteiger partial charge in [-0.2, -0.15) is 8.42 Å². The molecule has 1 aromatic rings. The van der Waals surface area contributed by atoms with Crippen LogP contribution in [0.15, 0.2) is 30.3 Å². The Hall–Kier alpha value is -2.26. The molecule has 8 nitrogen and oxygen atoms in total. The third-order valence-corrected chi connectivity index (χ3v) is 4.15. The average Bonchev–Trinajstić information content (AvgIpc) is 2.51. The minimum absolute atomic E-state index is 0.0276. The lowest BCUT2D eigenvalue weighted by atomic mass is 10.0. The summed E-state index contributed by atoms with van der Waals surface area (Å²) in [5.74, 6) is -2.77. The van der Waals surface area contributed by atoms with Crippen molar-refractivity contribution in [2.75, 3.05) is 5.75 Å². The fraction of sp³-hybridized carbons (Fsp3) is 0.438. The smallest absolute Gasteiger partial charge is 0.326 e. The molecule has 0 spiro atoms. The van der Waals surface area contributed by atoms with E-state index < -0.39 is 40.2 Å². The number of amides is 1. The van der Waals surface area contributed by atoms with Crippen LogP contribution in [0.3, 0.4) is 0 Å². The van der Waals surface area contributed by atoms with Gasteiger partial charge in [0.05, 0.1) is 5.75 Å². The Morgan fingerprint density at radius 2 is 1.72 bits per heavy atom. The van der Waals surface area contributed by atoms with Crippen molar-refractivity contribution >= 4 is 27.8 Å². The first-order valence-electron chi connectivity index (χ1n) is 7.70. The molecule has 0 bridgehead atoms. The van der Waals surface area contributed by atoms with E-state index in [9.17, 15) is 22.8 Å². The first-order valence-corrected chi connectivity index (χ1v) is 9.31. The number of hydrogen-bond acceptors (Lipinski definition) is 5. The Morgan fingerprint density at radius 1 is 1.08 bits per heavy atom. The zero-order chi connectivity index (χ0) is 18.9. The molecule has 3 N–H and O–H groups in total. The van der Waals surface area contributed by atoms with E-state index in [-0.39, 0.29) is 31.5 Å². The molecule has 138 valence electrons. The zero-order valence-electron chi connectivity index (χ0n) is 13.6. The molecule has 0 aliphatic carbocycles. The van der Waals surface area contributed by atoms with Gasteiger partial charge in [-0.05, 0) is 18.4 Å². The molecule has 1 aromatic carbocycles. The number of Topliss-reactive ketones (excluding diaryl/α,β-unsaturated/α-hetero) is 1. The summed E-state index contributed by atoms with van der Waals surface area (Å²) in [5, 5.41) is 11.1. The molecule has 0 fully saturated rings. The van der Waals surface area contributed by atoms with Crippen molar-refractivity contribution in [2.45, 2.75) is 38.1 Å². The number of carbonyl (C=O) groups excluding carboxylic acids is 2. The van der Waals surface area contributed by atoms with Gasteiger partial charge in [-0.3, -0.25) is 14.1 Å². The normalized spacial score (nSPS) is 12.4. The highest BCUT2D eigenvalue weighted by Gasteiger charge is 2.22. The lowest BCUT2D eigenvalue weighted by Crippen LogP contribution is -2.41. The van der Waals surface area contributed by atoms with E-state index >= 15 is 0 Å². The molecule has 0 heterocycles. The van der Waals surface area contributed by atoms with Crippen LogP contribution < -0.4 is 5.32 Å². The average molecular weight is 371 g/mol. The summed E-state index contributed by atoms with van der Waals surface area (Å²) < 4.78 is 29.9. The number of rotatable bonds is 11. The molecular formula is C16H21NO7S. The van der Waals surface area contributed by atoms with Crippen LogP contribution in [0.5, 0.6) is 0 Å². The van der Waals surface area contributed by atoms with Gasteiger partial charge in [0.15, 0.2) is 0 Å². The van der Waals surface area contributed by atoms with Crippen molar-refractivity contribution in [2.24, 2.45) is 0 Å². The molecular weight excluding hydrogens is 350 g/mol. The maximum Gasteiger partial charge on any atom is 0.326 e. The zero-order valence-corrected chi connectivity index (χ0v) is 14.4. The Kier molecular flexibility index (Phi) is 8.23. The number of ketones is 1. The number of carbonyl (C=O) groups is 3. The van der Waals surface area contributed by atoms with Crippen LogP contribution in [0.4, 0.5) is 0 Å². The van der Waals surface area contributed by atoms with Crippen molar-refractivity contribution in [3.05, 3.63) is 35.9 Å². The molecule has 25 heavy (non-hydrogen) atoms. The van der Waals surface area contributed by atoms with Gasteiger partial charge in [-0.1, -0.05) is 30.3 Å². The largest absolute Gasteiger partial charge is 0.480 e. The van der Waals surface area contributed by atoms with Gasteiger partial charge < -0.3 is 10.4 Å². The molecule has 0 aliphatic heterocycles. The third-order valence-electron chi connectivity index (χ3n) is 3.40. The number of aliphatic carboxylic acids is 1. The Morgan fingerprint density at radius 3 is 2.28 bits per heavy atom. The van der Waals surface area contributed by atoms with Crippen molar-refractivity contribution in [1.82, 2.24) is 5.32 Å². The van der Waals surface area contributed by atoms with Crippen LogP contribution in [-0.4, -0.2) is 47.5 Å². The molecule has 9 heteroatoms. The predicted molar refractivity (Wildman–Crippen MR) is 89.6 cm³/mol. The minimum Gasteiger partial charge on any atom is -0.480 e. The van der Waals surface area contributed by atoms with Crippen molar-refractivity contribution < 1.29 is 32.5 Å². The second-order valence-corrected chi connectivity index (χ2v) is 7.16. The molecule has 1 amide bonds. The summed E-state index contributed by atoms with van der Waals surface area (Å²) in [4.78, 5) is 34.5. The number of hydrogen-bond donors (Lipinski definition) is 3. The summed E-state index contributed by atoms with van der Waals surface area (Å²) in [5.41, 5.74) is 0.883. The van der Waals surface area contributed by atoms with Gasteiger partial charge in [0.25, 0.3) is 10.1 Å². The molecule has 0 aromatic heterocycles. The van der Waals surface area contributed by atoms with E-state index in [1.165, 1.54) is 0 Å². The van der Waals surface area contributed by atoms with Gasteiger partial charge in [0, 0.05) is 19.3 Å². The highest BCUT2D eigenvalue weighted by atomic mass is 32.2. The molecule has 0 unspecified atom stereocenters. The van der Waals surface area contributed by atoms with E-state index in [0.717, 1.165) is 5.56 Å². The second-order valence-electron chi connectivity index (χ2n) is 5.59. The molecule has 0 saturated carbocycles. The van der Waals surface area contributed by atoms with E-state index in [1.807, 2.05) is 30.3 Å². The van der Waals surface area contributed by atoms with Crippen LogP contribution in [0.1, 0.15) is 31.2 Å². The minimum atomic E-state index is -4.31. The van der Waals surface area contributed by atoms with E-state index in [1.54, 1.807) is 0 Å². The highest BCUT2D eigenvalue weighted by Crippen LogP contribution is 2.05. The fourth-order valence-corrected chi connectivity index (χ4v) is 2.68. The van der Waals surface area contributed by atoms with Gasteiger partial charge in [-0.15, -0.1) is 0 Å². The Labute approximate surface area is 146 Å². The quantitative estimate of drug-likeness (QED) is 0.489.